The van der Waals surface area contributed by atoms with Crippen molar-refractivity contribution < 1.29 is 0 Å². The largest absolute Gasteiger partial charge is 0.357 e. The molecule has 0 amide bonds. The standard InChI is InChI=1S/C19H29N5.HI/c1-4-21-19(22-10-9-16(2)3)23-13-17-5-7-18(8-6-17)14-24-12-11-20-15-24;/h5-8,11-12,15-16H,4,9-10,13-14H2,1-3H3,(H2,21,22,23);1H. The van der Waals surface area contributed by atoms with Gasteiger partial charge in [0.05, 0.1) is 12.9 Å². The number of imidazole rings is 1. The smallest absolute Gasteiger partial charge is 0.191 e. The topological polar surface area (TPSA) is 54.2 Å². The van der Waals surface area contributed by atoms with E-state index in [1.54, 1.807) is 6.20 Å². The SMILES string of the molecule is CCNC(=NCc1ccc(Cn2ccnc2)cc1)NCCC(C)C.I. The second kappa shape index (κ2) is 11.9. The van der Waals surface area contributed by atoms with E-state index in [9.17, 15) is 0 Å². The third kappa shape index (κ3) is 8.38. The average molecular weight is 455 g/mol. The molecule has 2 rings (SSSR count). The van der Waals surface area contributed by atoms with Crippen molar-refractivity contribution in [1.29, 1.82) is 0 Å². The van der Waals surface area contributed by atoms with Gasteiger partial charge >= 0.3 is 0 Å². The van der Waals surface area contributed by atoms with Crippen molar-refractivity contribution >= 4 is 29.9 Å². The van der Waals surface area contributed by atoms with Crippen LogP contribution in [0.4, 0.5) is 0 Å². The number of hydrogen-bond acceptors (Lipinski definition) is 2. The fourth-order valence-electron chi connectivity index (χ4n) is 2.33. The minimum atomic E-state index is 0. The summed E-state index contributed by atoms with van der Waals surface area (Å²) < 4.78 is 2.06. The van der Waals surface area contributed by atoms with Crippen LogP contribution in [0.15, 0.2) is 48.0 Å². The molecule has 1 aromatic carbocycles. The lowest BCUT2D eigenvalue weighted by Gasteiger charge is -2.12. The van der Waals surface area contributed by atoms with Crippen molar-refractivity contribution in [2.24, 2.45) is 10.9 Å². The number of guanidine groups is 1. The van der Waals surface area contributed by atoms with E-state index in [1.807, 2.05) is 12.5 Å². The molecule has 2 aromatic rings. The van der Waals surface area contributed by atoms with Crippen LogP contribution in [0.25, 0.3) is 0 Å². The maximum absolute atomic E-state index is 4.67. The number of nitrogens with zero attached hydrogens (tertiary/aromatic N) is 3. The van der Waals surface area contributed by atoms with Gasteiger partial charge in [0.1, 0.15) is 0 Å². The van der Waals surface area contributed by atoms with E-state index >= 15 is 0 Å². The van der Waals surface area contributed by atoms with E-state index in [-0.39, 0.29) is 24.0 Å². The molecule has 0 saturated heterocycles. The van der Waals surface area contributed by atoms with Crippen LogP contribution in [0.3, 0.4) is 0 Å². The molecule has 1 heterocycles. The van der Waals surface area contributed by atoms with Crippen molar-refractivity contribution in [2.45, 2.75) is 40.3 Å². The summed E-state index contributed by atoms with van der Waals surface area (Å²) >= 11 is 0. The van der Waals surface area contributed by atoms with E-state index in [2.05, 4.69) is 70.2 Å². The lowest BCUT2D eigenvalue weighted by molar-refractivity contribution is 0.573. The first-order chi connectivity index (χ1) is 11.7. The van der Waals surface area contributed by atoms with Crippen LogP contribution in [0.5, 0.6) is 0 Å². The molecule has 0 aliphatic carbocycles. The summed E-state index contributed by atoms with van der Waals surface area (Å²) in [4.78, 5) is 8.73. The van der Waals surface area contributed by atoms with Gasteiger partial charge in [-0.15, -0.1) is 24.0 Å². The first kappa shape index (κ1) is 21.5. The predicted molar refractivity (Wildman–Crippen MR) is 115 cm³/mol. The predicted octanol–water partition coefficient (Wildman–Crippen LogP) is 3.65. The Kier molecular flexibility index (Phi) is 10.2. The van der Waals surface area contributed by atoms with Crippen molar-refractivity contribution in [3.8, 4) is 0 Å². The Morgan fingerprint density at radius 2 is 1.88 bits per heavy atom. The maximum atomic E-state index is 4.67. The van der Waals surface area contributed by atoms with Crippen LogP contribution in [0.2, 0.25) is 0 Å². The minimum Gasteiger partial charge on any atom is -0.357 e. The first-order valence-electron chi connectivity index (χ1n) is 8.73. The van der Waals surface area contributed by atoms with Crippen LogP contribution >= 0.6 is 24.0 Å². The summed E-state index contributed by atoms with van der Waals surface area (Å²) in [6.45, 7) is 9.91. The Balaban J connectivity index is 0.00000312. The lowest BCUT2D eigenvalue weighted by Crippen LogP contribution is -2.38. The van der Waals surface area contributed by atoms with Gasteiger partial charge in [0.2, 0.25) is 0 Å². The number of aromatic nitrogens is 2. The van der Waals surface area contributed by atoms with Crippen LogP contribution in [-0.4, -0.2) is 28.6 Å². The molecule has 0 aliphatic rings. The molecule has 2 N–H and O–H groups in total. The van der Waals surface area contributed by atoms with Gasteiger partial charge in [-0.2, -0.15) is 0 Å². The highest BCUT2D eigenvalue weighted by Crippen LogP contribution is 2.07. The molecule has 0 spiro atoms. The number of halogens is 1. The zero-order chi connectivity index (χ0) is 17.2. The normalized spacial score (nSPS) is 11.3. The van der Waals surface area contributed by atoms with E-state index in [1.165, 1.54) is 11.1 Å². The molecule has 138 valence electrons. The molecule has 0 bridgehead atoms. The number of nitrogens with one attached hydrogen (secondary N) is 2. The van der Waals surface area contributed by atoms with Gasteiger partial charge in [0.25, 0.3) is 0 Å². The van der Waals surface area contributed by atoms with Crippen LogP contribution in [0, 0.1) is 5.92 Å². The molecule has 0 aliphatic heterocycles. The fourth-order valence-corrected chi connectivity index (χ4v) is 2.33. The van der Waals surface area contributed by atoms with Crippen molar-refractivity contribution in [3.05, 3.63) is 54.1 Å². The Bertz CT molecular complexity index is 605. The third-order valence-electron chi connectivity index (χ3n) is 3.73. The van der Waals surface area contributed by atoms with Crippen LogP contribution in [-0.2, 0) is 13.1 Å². The summed E-state index contributed by atoms with van der Waals surface area (Å²) in [6, 6.07) is 8.61. The van der Waals surface area contributed by atoms with Crippen LogP contribution < -0.4 is 10.6 Å². The number of aliphatic imine (C=N–C) groups is 1. The molecule has 0 unspecified atom stereocenters. The second-order valence-electron chi connectivity index (χ2n) is 6.36. The monoisotopic (exact) mass is 455 g/mol. The Morgan fingerprint density at radius 3 is 2.48 bits per heavy atom. The fraction of sp³-hybridized carbons (Fsp3) is 0.474. The summed E-state index contributed by atoms with van der Waals surface area (Å²) in [6.07, 6.45) is 6.76. The van der Waals surface area contributed by atoms with Gasteiger partial charge in [-0.05, 0) is 30.4 Å². The Hall–Kier alpha value is -1.57. The summed E-state index contributed by atoms with van der Waals surface area (Å²) in [7, 11) is 0. The Morgan fingerprint density at radius 1 is 1.16 bits per heavy atom. The lowest BCUT2D eigenvalue weighted by atomic mass is 10.1. The van der Waals surface area contributed by atoms with Crippen molar-refractivity contribution in [3.63, 3.8) is 0 Å². The summed E-state index contributed by atoms with van der Waals surface area (Å²) in [5.41, 5.74) is 2.48. The summed E-state index contributed by atoms with van der Waals surface area (Å²) in [5, 5.41) is 6.69. The highest BCUT2D eigenvalue weighted by molar-refractivity contribution is 14.0. The first-order valence-corrected chi connectivity index (χ1v) is 8.73. The molecule has 0 fully saturated rings. The molecule has 0 radical (unpaired) electrons. The quantitative estimate of drug-likeness (QED) is 0.363. The number of benzene rings is 1. The molecule has 0 saturated carbocycles. The van der Waals surface area contributed by atoms with E-state index in [4.69, 9.17) is 0 Å². The average Bonchev–Trinajstić information content (AvgIpc) is 3.06. The highest BCUT2D eigenvalue weighted by Gasteiger charge is 2.00. The minimum absolute atomic E-state index is 0. The molecule has 25 heavy (non-hydrogen) atoms. The van der Waals surface area contributed by atoms with E-state index < -0.39 is 0 Å². The molecular weight excluding hydrogens is 425 g/mol. The van der Waals surface area contributed by atoms with Crippen molar-refractivity contribution in [2.75, 3.05) is 13.1 Å². The molecule has 5 nitrogen and oxygen atoms in total. The molecule has 0 atom stereocenters. The zero-order valence-electron chi connectivity index (χ0n) is 15.4. The van der Waals surface area contributed by atoms with Gasteiger partial charge in [0, 0.05) is 32.0 Å². The number of rotatable bonds is 8. The highest BCUT2D eigenvalue weighted by atomic mass is 127. The van der Waals surface area contributed by atoms with Crippen molar-refractivity contribution in [1.82, 2.24) is 20.2 Å². The second-order valence-corrected chi connectivity index (χ2v) is 6.36. The third-order valence-corrected chi connectivity index (χ3v) is 3.73. The van der Waals surface area contributed by atoms with E-state index in [0.29, 0.717) is 12.5 Å². The molecule has 6 heteroatoms. The van der Waals surface area contributed by atoms with E-state index in [0.717, 1.165) is 32.0 Å². The molecule has 1 aromatic heterocycles. The van der Waals surface area contributed by atoms with Gasteiger partial charge in [0.15, 0.2) is 5.96 Å². The van der Waals surface area contributed by atoms with Gasteiger partial charge in [-0.25, -0.2) is 9.98 Å². The van der Waals surface area contributed by atoms with Gasteiger partial charge < -0.3 is 15.2 Å². The maximum Gasteiger partial charge on any atom is 0.191 e. The number of hydrogen-bond donors (Lipinski definition) is 2. The zero-order valence-corrected chi connectivity index (χ0v) is 17.7. The van der Waals surface area contributed by atoms with Gasteiger partial charge in [-0.1, -0.05) is 38.1 Å². The molecular formula is C19H30IN5. The van der Waals surface area contributed by atoms with Crippen LogP contribution in [0.1, 0.15) is 38.3 Å². The summed E-state index contributed by atoms with van der Waals surface area (Å²) in [5.74, 6) is 1.59. The Labute approximate surface area is 168 Å². The van der Waals surface area contributed by atoms with Gasteiger partial charge in [-0.3, -0.25) is 0 Å².